The van der Waals surface area contributed by atoms with Crippen molar-refractivity contribution in [2.45, 2.75) is 0 Å². The second-order valence-corrected chi connectivity index (χ2v) is 3.99. The molecule has 0 aromatic heterocycles. The summed E-state index contributed by atoms with van der Waals surface area (Å²) in [7, 11) is 0. The van der Waals surface area contributed by atoms with E-state index in [2.05, 4.69) is 10.9 Å². The number of hydrogen-bond acceptors (Lipinski definition) is 4. The van der Waals surface area contributed by atoms with Crippen molar-refractivity contribution in [1.82, 2.24) is 0 Å². The molecule has 0 aliphatic rings. The second-order valence-electron chi connectivity index (χ2n) is 3.99. The number of benzene rings is 2. The summed E-state index contributed by atoms with van der Waals surface area (Å²) >= 11 is 0. The highest BCUT2D eigenvalue weighted by molar-refractivity contribution is 5.94. The lowest BCUT2D eigenvalue weighted by Gasteiger charge is -2.12. The number of carboxylic acids is 2. The van der Waals surface area contributed by atoms with Crippen molar-refractivity contribution < 1.29 is 19.8 Å². The molecule has 0 aliphatic heterocycles. The molecule has 2 aromatic rings. The van der Waals surface area contributed by atoms with Gasteiger partial charge in [-0.2, -0.15) is 0 Å². The average Bonchev–Trinajstić information content (AvgIpc) is 2.45. The summed E-state index contributed by atoms with van der Waals surface area (Å²) in [6.07, 6.45) is 0. The summed E-state index contributed by atoms with van der Waals surface area (Å²) in [5.74, 6) is -2.08. The zero-order chi connectivity index (χ0) is 14.5. The molecule has 2 aromatic carbocycles. The van der Waals surface area contributed by atoms with Crippen molar-refractivity contribution in [2.75, 3.05) is 10.9 Å². The van der Waals surface area contributed by atoms with Gasteiger partial charge in [0, 0.05) is 0 Å². The predicted octanol–water partition coefficient (Wildman–Crippen LogP) is 2.52. The maximum Gasteiger partial charge on any atom is 0.337 e. The molecule has 0 bridgehead atoms. The molecule has 0 amide bonds. The Bertz CT molecular complexity index is 655. The first-order chi connectivity index (χ1) is 9.58. The van der Waals surface area contributed by atoms with Gasteiger partial charge in [0.1, 0.15) is 0 Å². The number of rotatable bonds is 5. The van der Waals surface area contributed by atoms with E-state index in [1.54, 1.807) is 30.3 Å². The SMILES string of the molecule is O=C(O)c1cccc(NNc2ccccc2C(=O)O)c1. The Morgan fingerprint density at radius 3 is 2.30 bits per heavy atom. The molecule has 20 heavy (non-hydrogen) atoms. The van der Waals surface area contributed by atoms with Crippen molar-refractivity contribution in [1.29, 1.82) is 0 Å². The van der Waals surface area contributed by atoms with Gasteiger partial charge in [0.25, 0.3) is 0 Å². The summed E-state index contributed by atoms with van der Waals surface area (Å²) in [6.45, 7) is 0. The Hall–Kier alpha value is -3.02. The maximum atomic E-state index is 11.0. The molecule has 0 fully saturated rings. The van der Waals surface area contributed by atoms with Gasteiger partial charge in [-0.25, -0.2) is 9.59 Å². The summed E-state index contributed by atoms with van der Waals surface area (Å²) < 4.78 is 0. The second kappa shape index (κ2) is 5.75. The first kappa shape index (κ1) is 13.4. The van der Waals surface area contributed by atoms with Crippen LogP contribution in [0.4, 0.5) is 11.4 Å². The minimum atomic E-state index is -1.05. The van der Waals surface area contributed by atoms with Gasteiger partial charge in [0.05, 0.1) is 22.5 Å². The van der Waals surface area contributed by atoms with E-state index in [0.29, 0.717) is 11.4 Å². The maximum absolute atomic E-state index is 11.0. The Balaban J connectivity index is 2.15. The van der Waals surface area contributed by atoms with Gasteiger partial charge in [-0.05, 0) is 30.3 Å². The van der Waals surface area contributed by atoms with Crippen LogP contribution in [-0.2, 0) is 0 Å². The van der Waals surface area contributed by atoms with E-state index in [1.807, 2.05) is 0 Å². The third-order valence-corrected chi connectivity index (χ3v) is 2.61. The number of aromatic carboxylic acids is 2. The van der Waals surface area contributed by atoms with Crippen molar-refractivity contribution in [2.24, 2.45) is 0 Å². The van der Waals surface area contributed by atoms with Gasteiger partial charge in [0.2, 0.25) is 0 Å². The Morgan fingerprint density at radius 1 is 0.850 bits per heavy atom. The van der Waals surface area contributed by atoms with Crippen LogP contribution in [0.5, 0.6) is 0 Å². The molecular weight excluding hydrogens is 260 g/mol. The highest BCUT2D eigenvalue weighted by Crippen LogP contribution is 2.16. The first-order valence-corrected chi connectivity index (χ1v) is 5.75. The molecular formula is C14H12N2O4. The highest BCUT2D eigenvalue weighted by atomic mass is 16.4. The van der Waals surface area contributed by atoms with Crippen molar-refractivity contribution in [3.8, 4) is 0 Å². The third kappa shape index (κ3) is 3.05. The van der Waals surface area contributed by atoms with Crippen LogP contribution in [0.3, 0.4) is 0 Å². The van der Waals surface area contributed by atoms with Crippen LogP contribution in [0.25, 0.3) is 0 Å². The molecule has 6 nitrogen and oxygen atoms in total. The monoisotopic (exact) mass is 272 g/mol. The number of hydrogen-bond donors (Lipinski definition) is 4. The van der Waals surface area contributed by atoms with E-state index < -0.39 is 11.9 Å². The molecule has 4 N–H and O–H groups in total. The number of anilines is 2. The molecule has 0 atom stereocenters. The molecule has 0 saturated heterocycles. The quantitative estimate of drug-likeness (QED) is 0.624. The van der Waals surface area contributed by atoms with E-state index in [0.717, 1.165) is 0 Å². The van der Waals surface area contributed by atoms with Gasteiger partial charge >= 0.3 is 11.9 Å². The summed E-state index contributed by atoms with van der Waals surface area (Å²) in [5.41, 5.74) is 6.70. The lowest BCUT2D eigenvalue weighted by molar-refractivity contribution is 0.0686. The lowest BCUT2D eigenvalue weighted by atomic mass is 10.2. The van der Waals surface area contributed by atoms with Gasteiger partial charge < -0.3 is 21.1 Å². The Labute approximate surface area is 114 Å². The highest BCUT2D eigenvalue weighted by Gasteiger charge is 2.08. The van der Waals surface area contributed by atoms with E-state index in [4.69, 9.17) is 10.2 Å². The number of hydrazine groups is 1. The smallest absolute Gasteiger partial charge is 0.337 e. The summed E-state index contributed by atoms with van der Waals surface area (Å²) in [5, 5.41) is 17.9. The van der Waals surface area contributed by atoms with E-state index >= 15 is 0 Å². The van der Waals surface area contributed by atoms with Crippen molar-refractivity contribution in [3.63, 3.8) is 0 Å². The number of carboxylic acid groups (broad SMARTS) is 2. The topological polar surface area (TPSA) is 98.7 Å². The summed E-state index contributed by atoms with van der Waals surface area (Å²) in [4.78, 5) is 21.9. The van der Waals surface area contributed by atoms with Gasteiger partial charge in [0.15, 0.2) is 0 Å². The molecule has 0 spiro atoms. The number of para-hydroxylation sites is 1. The Morgan fingerprint density at radius 2 is 1.60 bits per heavy atom. The van der Waals surface area contributed by atoms with Crippen LogP contribution >= 0.6 is 0 Å². The van der Waals surface area contributed by atoms with Crippen molar-refractivity contribution in [3.05, 3.63) is 59.7 Å². The molecule has 0 unspecified atom stereocenters. The fourth-order valence-corrected chi connectivity index (χ4v) is 1.65. The molecule has 0 radical (unpaired) electrons. The van der Waals surface area contributed by atoms with Crippen LogP contribution in [-0.4, -0.2) is 22.2 Å². The van der Waals surface area contributed by atoms with E-state index in [9.17, 15) is 9.59 Å². The normalized spacial score (nSPS) is 9.80. The Kier molecular flexibility index (Phi) is 3.85. The van der Waals surface area contributed by atoms with Crippen LogP contribution in [0.1, 0.15) is 20.7 Å². The van der Waals surface area contributed by atoms with Crippen LogP contribution in [0.2, 0.25) is 0 Å². The first-order valence-electron chi connectivity index (χ1n) is 5.75. The van der Waals surface area contributed by atoms with E-state index in [-0.39, 0.29) is 11.1 Å². The minimum absolute atomic E-state index is 0.120. The van der Waals surface area contributed by atoms with Gasteiger partial charge in [-0.1, -0.05) is 18.2 Å². The average molecular weight is 272 g/mol. The molecule has 2 rings (SSSR count). The molecule has 0 saturated carbocycles. The number of nitrogens with one attached hydrogen (secondary N) is 2. The van der Waals surface area contributed by atoms with Crippen molar-refractivity contribution >= 4 is 23.3 Å². The predicted molar refractivity (Wildman–Crippen MR) is 74.0 cm³/mol. The largest absolute Gasteiger partial charge is 0.478 e. The molecule has 0 aliphatic carbocycles. The third-order valence-electron chi connectivity index (χ3n) is 2.61. The standard InChI is InChI=1S/C14H12N2O4/c17-13(18)9-4-3-5-10(8-9)15-16-12-7-2-1-6-11(12)14(19)20/h1-8,15-16H,(H,17,18)(H,19,20). The molecule has 102 valence electrons. The van der Waals surface area contributed by atoms with Crippen LogP contribution < -0.4 is 10.9 Å². The zero-order valence-corrected chi connectivity index (χ0v) is 10.3. The fourth-order valence-electron chi connectivity index (χ4n) is 1.65. The molecule has 0 heterocycles. The summed E-state index contributed by atoms with van der Waals surface area (Å²) in [6, 6.07) is 12.6. The number of carbonyl (C=O) groups is 2. The zero-order valence-electron chi connectivity index (χ0n) is 10.3. The molecule has 6 heteroatoms. The van der Waals surface area contributed by atoms with Crippen LogP contribution in [0.15, 0.2) is 48.5 Å². The van der Waals surface area contributed by atoms with E-state index in [1.165, 1.54) is 18.2 Å². The lowest BCUT2D eigenvalue weighted by Crippen LogP contribution is -2.12. The van der Waals surface area contributed by atoms with Gasteiger partial charge in [-0.3, -0.25) is 0 Å². The fraction of sp³-hybridized carbons (Fsp3) is 0. The minimum Gasteiger partial charge on any atom is -0.478 e. The van der Waals surface area contributed by atoms with Crippen LogP contribution in [0, 0.1) is 0 Å². The van der Waals surface area contributed by atoms with Gasteiger partial charge in [-0.15, -0.1) is 0 Å².